The van der Waals surface area contributed by atoms with Gasteiger partial charge in [-0.2, -0.15) is 5.10 Å². The predicted octanol–water partition coefficient (Wildman–Crippen LogP) is 2.06. The maximum atomic E-state index is 12.3. The molecule has 25 heavy (non-hydrogen) atoms. The van der Waals surface area contributed by atoms with E-state index < -0.39 is 0 Å². The maximum Gasteiger partial charge on any atom is 0.254 e. The zero-order valence-corrected chi connectivity index (χ0v) is 14.8. The number of aromatic nitrogens is 3. The van der Waals surface area contributed by atoms with E-state index in [2.05, 4.69) is 15.7 Å². The lowest BCUT2D eigenvalue weighted by Crippen LogP contribution is -2.42. The van der Waals surface area contributed by atoms with Crippen molar-refractivity contribution in [2.75, 3.05) is 5.32 Å². The first-order valence-corrected chi connectivity index (χ1v) is 8.94. The SMILES string of the molecule is Cn1cc(-c2nc(N[C@@H]3CCCCC3N)c(Cl)c3c2C(=O)NC3)cn1. The van der Waals surface area contributed by atoms with Gasteiger partial charge in [0, 0.05) is 43.0 Å². The number of carbonyl (C=O) groups is 1. The molecule has 1 aliphatic heterocycles. The number of hydrogen-bond donors (Lipinski definition) is 3. The molecule has 0 saturated heterocycles. The number of aryl methyl sites for hydroxylation is 1. The molecule has 0 radical (unpaired) electrons. The molecule has 132 valence electrons. The van der Waals surface area contributed by atoms with Crippen LogP contribution < -0.4 is 16.4 Å². The molecule has 0 aromatic carbocycles. The van der Waals surface area contributed by atoms with Crippen LogP contribution in [0.5, 0.6) is 0 Å². The molecule has 0 bridgehead atoms. The standard InChI is InChI=1S/C17H21ClN6O/c1-24-8-9(6-21-24)15-13-10(7-20-17(13)25)14(18)16(23-15)22-12-5-3-2-4-11(12)19/h6,8,11-12H,2-5,7,19H2,1H3,(H,20,25)(H,22,23)/t11?,12-/m1/s1. The second-order valence-electron chi connectivity index (χ2n) is 6.76. The van der Waals surface area contributed by atoms with Gasteiger partial charge in [0.1, 0.15) is 5.82 Å². The monoisotopic (exact) mass is 360 g/mol. The minimum Gasteiger partial charge on any atom is -0.365 e. The average molecular weight is 361 g/mol. The Labute approximate surface area is 150 Å². The molecule has 7 nitrogen and oxygen atoms in total. The van der Waals surface area contributed by atoms with E-state index in [0.29, 0.717) is 28.6 Å². The fourth-order valence-electron chi connectivity index (χ4n) is 3.64. The molecule has 1 amide bonds. The van der Waals surface area contributed by atoms with Crippen molar-refractivity contribution in [3.63, 3.8) is 0 Å². The van der Waals surface area contributed by atoms with Crippen molar-refractivity contribution < 1.29 is 4.79 Å². The molecule has 8 heteroatoms. The average Bonchev–Trinajstić information content (AvgIpc) is 3.19. The molecule has 4 rings (SSSR count). The van der Waals surface area contributed by atoms with Crippen molar-refractivity contribution in [1.82, 2.24) is 20.1 Å². The maximum absolute atomic E-state index is 12.3. The van der Waals surface area contributed by atoms with Gasteiger partial charge in [0.2, 0.25) is 0 Å². The Morgan fingerprint density at radius 3 is 2.92 bits per heavy atom. The minimum absolute atomic E-state index is 0.0847. The predicted molar refractivity (Wildman–Crippen MR) is 96.5 cm³/mol. The fraction of sp³-hybridized carbons (Fsp3) is 0.471. The van der Waals surface area contributed by atoms with E-state index in [1.54, 1.807) is 10.9 Å². The molecule has 2 aliphatic rings. The normalized spacial score (nSPS) is 22.6. The van der Waals surface area contributed by atoms with Crippen LogP contribution in [0.15, 0.2) is 12.4 Å². The molecule has 1 aliphatic carbocycles. The molecule has 1 saturated carbocycles. The largest absolute Gasteiger partial charge is 0.365 e. The fourth-order valence-corrected chi connectivity index (χ4v) is 3.90. The van der Waals surface area contributed by atoms with Crippen LogP contribution in [-0.4, -0.2) is 32.8 Å². The first kappa shape index (κ1) is 16.4. The van der Waals surface area contributed by atoms with E-state index in [4.69, 9.17) is 22.3 Å². The van der Waals surface area contributed by atoms with Crippen LogP contribution in [0.4, 0.5) is 5.82 Å². The zero-order valence-electron chi connectivity index (χ0n) is 14.1. The number of nitrogens with two attached hydrogens (primary N) is 1. The Kier molecular flexibility index (Phi) is 4.13. The number of halogens is 1. The van der Waals surface area contributed by atoms with Gasteiger partial charge in [-0.05, 0) is 12.8 Å². The summed E-state index contributed by atoms with van der Waals surface area (Å²) in [6.07, 6.45) is 7.84. The summed E-state index contributed by atoms with van der Waals surface area (Å²) in [5, 5.41) is 11.0. The second-order valence-corrected chi connectivity index (χ2v) is 7.14. The third kappa shape index (κ3) is 2.87. The molecule has 2 atom stereocenters. The number of amides is 1. The number of fused-ring (bicyclic) bond motifs is 1. The third-order valence-electron chi connectivity index (χ3n) is 5.01. The van der Waals surface area contributed by atoms with Gasteiger partial charge in [-0.1, -0.05) is 24.4 Å². The summed E-state index contributed by atoms with van der Waals surface area (Å²) in [6.45, 7) is 0.411. The molecule has 4 N–H and O–H groups in total. The lowest BCUT2D eigenvalue weighted by molar-refractivity contribution is 0.0966. The summed E-state index contributed by atoms with van der Waals surface area (Å²) in [6, 6.07) is 0.227. The lowest BCUT2D eigenvalue weighted by atomic mass is 9.91. The number of nitrogens with one attached hydrogen (secondary N) is 2. The molecule has 0 spiro atoms. The van der Waals surface area contributed by atoms with Crippen molar-refractivity contribution in [3.05, 3.63) is 28.5 Å². The topological polar surface area (TPSA) is 97.9 Å². The minimum atomic E-state index is -0.149. The second kappa shape index (κ2) is 6.31. The first-order chi connectivity index (χ1) is 12.0. The van der Waals surface area contributed by atoms with Crippen LogP contribution in [0.2, 0.25) is 5.02 Å². The summed E-state index contributed by atoms with van der Waals surface area (Å²) in [5.74, 6) is 0.447. The molecule has 2 aromatic heterocycles. The van der Waals surface area contributed by atoms with Crippen molar-refractivity contribution >= 4 is 23.3 Å². The van der Waals surface area contributed by atoms with Crippen LogP contribution in [0.3, 0.4) is 0 Å². The van der Waals surface area contributed by atoms with E-state index >= 15 is 0 Å². The summed E-state index contributed by atoms with van der Waals surface area (Å²) in [7, 11) is 1.83. The Hall–Kier alpha value is -2.12. The van der Waals surface area contributed by atoms with E-state index in [1.807, 2.05) is 13.2 Å². The van der Waals surface area contributed by atoms with E-state index in [9.17, 15) is 4.79 Å². The number of nitrogens with zero attached hydrogens (tertiary/aromatic N) is 3. The van der Waals surface area contributed by atoms with Gasteiger partial charge in [0.15, 0.2) is 0 Å². The van der Waals surface area contributed by atoms with E-state index in [-0.39, 0.29) is 18.0 Å². The highest BCUT2D eigenvalue weighted by atomic mass is 35.5. The number of hydrogen-bond acceptors (Lipinski definition) is 5. The van der Waals surface area contributed by atoms with Gasteiger partial charge >= 0.3 is 0 Å². The van der Waals surface area contributed by atoms with E-state index in [1.165, 1.54) is 0 Å². The number of carbonyl (C=O) groups excluding carboxylic acids is 1. The van der Waals surface area contributed by atoms with Gasteiger partial charge in [-0.25, -0.2) is 4.98 Å². The van der Waals surface area contributed by atoms with Gasteiger partial charge in [-0.3, -0.25) is 9.48 Å². The summed E-state index contributed by atoms with van der Waals surface area (Å²) in [4.78, 5) is 17.0. The molecule has 1 fully saturated rings. The van der Waals surface area contributed by atoms with Crippen LogP contribution in [-0.2, 0) is 13.6 Å². The first-order valence-electron chi connectivity index (χ1n) is 8.56. The van der Waals surface area contributed by atoms with Gasteiger partial charge in [0.25, 0.3) is 5.91 Å². The Bertz CT molecular complexity index is 833. The molecular formula is C17H21ClN6O. The quantitative estimate of drug-likeness (QED) is 0.778. The highest BCUT2D eigenvalue weighted by Crippen LogP contribution is 2.37. The zero-order chi connectivity index (χ0) is 17.6. The number of anilines is 1. The van der Waals surface area contributed by atoms with Crippen molar-refractivity contribution in [1.29, 1.82) is 0 Å². The van der Waals surface area contributed by atoms with Crippen molar-refractivity contribution in [3.8, 4) is 11.3 Å². The highest BCUT2D eigenvalue weighted by Gasteiger charge is 2.31. The van der Waals surface area contributed by atoms with Crippen molar-refractivity contribution in [2.45, 2.75) is 44.3 Å². The molecule has 3 heterocycles. The molecule has 1 unspecified atom stereocenters. The molecule has 2 aromatic rings. The van der Waals surface area contributed by atoms with Gasteiger partial charge in [-0.15, -0.1) is 0 Å². The summed E-state index contributed by atoms with van der Waals surface area (Å²) < 4.78 is 1.69. The Balaban J connectivity index is 1.79. The van der Waals surface area contributed by atoms with Crippen LogP contribution in [0, 0.1) is 0 Å². The smallest absolute Gasteiger partial charge is 0.254 e. The van der Waals surface area contributed by atoms with E-state index in [0.717, 1.165) is 36.8 Å². The summed E-state index contributed by atoms with van der Waals surface area (Å²) >= 11 is 6.57. The number of pyridine rings is 1. The van der Waals surface area contributed by atoms with Crippen LogP contribution in [0.1, 0.15) is 41.6 Å². The van der Waals surface area contributed by atoms with Crippen LogP contribution >= 0.6 is 11.6 Å². The van der Waals surface area contributed by atoms with Gasteiger partial charge in [0.05, 0.1) is 22.5 Å². The Morgan fingerprint density at radius 1 is 1.40 bits per heavy atom. The summed E-state index contributed by atoms with van der Waals surface area (Å²) in [5.41, 5.74) is 8.97. The highest BCUT2D eigenvalue weighted by molar-refractivity contribution is 6.34. The van der Waals surface area contributed by atoms with Gasteiger partial charge < -0.3 is 16.4 Å². The lowest BCUT2D eigenvalue weighted by Gasteiger charge is -2.30. The number of rotatable bonds is 3. The van der Waals surface area contributed by atoms with Crippen LogP contribution in [0.25, 0.3) is 11.3 Å². The Morgan fingerprint density at radius 2 is 2.20 bits per heavy atom. The van der Waals surface area contributed by atoms with Crippen molar-refractivity contribution in [2.24, 2.45) is 12.8 Å². The third-order valence-corrected chi connectivity index (χ3v) is 5.41. The molecular weight excluding hydrogens is 340 g/mol.